The fourth-order valence-corrected chi connectivity index (χ4v) is 2.35. The highest BCUT2D eigenvalue weighted by Crippen LogP contribution is 2.31. The van der Waals surface area contributed by atoms with Crippen LogP contribution in [0.4, 0.5) is 11.4 Å². The third kappa shape index (κ3) is 2.39. The van der Waals surface area contributed by atoms with Crippen molar-refractivity contribution >= 4 is 11.4 Å². The Labute approximate surface area is 100 Å². The van der Waals surface area contributed by atoms with Crippen LogP contribution in [0.5, 0.6) is 0 Å². The summed E-state index contributed by atoms with van der Waals surface area (Å²) in [6.07, 6.45) is 3.04. The summed E-state index contributed by atoms with van der Waals surface area (Å²) >= 11 is 0. The number of nitrogens with one attached hydrogen (secondary N) is 1. The zero-order valence-electron chi connectivity index (χ0n) is 9.85. The van der Waals surface area contributed by atoms with Crippen LogP contribution in [0.2, 0.25) is 0 Å². The predicted octanol–water partition coefficient (Wildman–Crippen LogP) is 2.19. The maximum absolute atomic E-state index is 11.0. The Morgan fingerprint density at radius 1 is 1.47 bits per heavy atom. The number of nitro benzene ring substituents is 1. The summed E-state index contributed by atoms with van der Waals surface area (Å²) in [5.41, 5.74) is 7.60. The van der Waals surface area contributed by atoms with Gasteiger partial charge in [0.2, 0.25) is 0 Å². The van der Waals surface area contributed by atoms with Crippen molar-refractivity contribution in [1.82, 2.24) is 0 Å². The van der Waals surface area contributed by atoms with E-state index in [9.17, 15) is 10.1 Å². The molecule has 1 saturated carbocycles. The van der Waals surface area contributed by atoms with Gasteiger partial charge in [0.05, 0.1) is 4.92 Å². The molecule has 0 bridgehead atoms. The second-order valence-electron chi connectivity index (χ2n) is 4.57. The van der Waals surface area contributed by atoms with E-state index in [1.807, 2.05) is 13.0 Å². The normalized spacial score (nSPS) is 23.6. The van der Waals surface area contributed by atoms with Gasteiger partial charge in [-0.05, 0) is 31.7 Å². The van der Waals surface area contributed by atoms with Crippen LogP contribution in [0.3, 0.4) is 0 Å². The first-order valence-corrected chi connectivity index (χ1v) is 5.85. The minimum Gasteiger partial charge on any atom is -0.375 e. The summed E-state index contributed by atoms with van der Waals surface area (Å²) in [7, 11) is 0. The summed E-state index contributed by atoms with van der Waals surface area (Å²) in [5, 5.41) is 14.2. The molecule has 17 heavy (non-hydrogen) atoms. The molecule has 1 aliphatic rings. The van der Waals surface area contributed by atoms with E-state index in [0.717, 1.165) is 24.8 Å². The van der Waals surface area contributed by atoms with Crippen LogP contribution in [-0.2, 0) is 0 Å². The molecule has 0 aromatic heterocycles. The van der Waals surface area contributed by atoms with E-state index in [2.05, 4.69) is 5.32 Å². The first kappa shape index (κ1) is 11.9. The number of hydrogen-bond acceptors (Lipinski definition) is 4. The zero-order valence-corrected chi connectivity index (χ0v) is 9.85. The molecule has 5 heteroatoms. The molecule has 5 nitrogen and oxygen atoms in total. The first-order chi connectivity index (χ1) is 8.09. The molecule has 0 aliphatic heterocycles. The summed E-state index contributed by atoms with van der Waals surface area (Å²) in [4.78, 5) is 10.6. The lowest BCUT2D eigenvalue weighted by Gasteiger charge is -2.19. The average molecular weight is 235 g/mol. The first-order valence-electron chi connectivity index (χ1n) is 5.85. The number of nitro groups is 1. The SMILES string of the molecule is Cc1cccc([N+](=O)[O-])c1NC1CCCC1N. The molecule has 1 aliphatic carbocycles. The summed E-state index contributed by atoms with van der Waals surface area (Å²) in [6, 6.07) is 5.34. The maximum Gasteiger partial charge on any atom is 0.292 e. The van der Waals surface area contributed by atoms with Gasteiger partial charge < -0.3 is 11.1 Å². The quantitative estimate of drug-likeness (QED) is 0.621. The molecule has 0 spiro atoms. The Hall–Kier alpha value is -1.62. The van der Waals surface area contributed by atoms with Gasteiger partial charge in [0, 0.05) is 18.2 Å². The standard InChI is InChI=1S/C12H17N3O2/c1-8-4-2-7-11(15(16)17)12(8)14-10-6-3-5-9(10)13/h2,4,7,9-10,14H,3,5-6,13H2,1H3. The van der Waals surface area contributed by atoms with Crippen LogP contribution >= 0.6 is 0 Å². The molecule has 0 amide bonds. The Balaban J connectivity index is 2.27. The fraction of sp³-hybridized carbons (Fsp3) is 0.500. The Morgan fingerprint density at radius 3 is 2.82 bits per heavy atom. The summed E-state index contributed by atoms with van der Waals surface area (Å²) in [5.74, 6) is 0. The van der Waals surface area contributed by atoms with Crippen molar-refractivity contribution in [3.63, 3.8) is 0 Å². The van der Waals surface area contributed by atoms with E-state index in [1.165, 1.54) is 6.07 Å². The third-order valence-corrected chi connectivity index (χ3v) is 3.35. The zero-order chi connectivity index (χ0) is 12.4. The molecule has 0 radical (unpaired) electrons. The smallest absolute Gasteiger partial charge is 0.292 e. The lowest BCUT2D eigenvalue weighted by atomic mass is 10.1. The second-order valence-corrected chi connectivity index (χ2v) is 4.57. The highest BCUT2D eigenvalue weighted by Gasteiger charge is 2.26. The van der Waals surface area contributed by atoms with Crippen molar-refractivity contribution in [1.29, 1.82) is 0 Å². The van der Waals surface area contributed by atoms with Gasteiger partial charge in [-0.15, -0.1) is 0 Å². The highest BCUT2D eigenvalue weighted by molar-refractivity contribution is 5.66. The van der Waals surface area contributed by atoms with Gasteiger partial charge in [0.25, 0.3) is 5.69 Å². The largest absolute Gasteiger partial charge is 0.375 e. The molecule has 2 rings (SSSR count). The van der Waals surface area contributed by atoms with E-state index < -0.39 is 0 Å². The van der Waals surface area contributed by atoms with Gasteiger partial charge in [0.15, 0.2) is 0 Å². The number of benzene rings is 1. The van der Waals surface area contributed by atoms with Crippen molar-refractivity contribution in [2.45, 2.75) is 38.3 Å². The van der Waals surface area contributed by atoms with E-state index in [1.54, 1.807) is 6.07 Å². The van der Waals surface area contributed by atoms with Gasteiger partial charge in [-0.1, -0.05) is 12.1 Å². The number of hydrogen-bond donors (Lipinski definition) is 2. The predicted molar refractivity (Wildman–Crippen MR) is 67.1 cm³/mol. The lowest BCUT2D eigenvalue weighted by Crippen LogP contribution is -2.35. The van der Waals surface area contributed by atoms with Crippen molar-refractivity contribution in [2.75, 3.05) is 5.32 Å². The number of nitrogens with two attached hydrogens (primary N) is 1. The summed E-state index contributed by atoms with van der Waals surface area (Å²) < 4.78 is 0. The molecule has 0 saturated heterocycles. The lowest BCUT2D eigenvalue weighted by molar-refractivity contribution is -0.384. The molecule has 0 heterocycles. The summed E-state index contributed by atoms with van der Waals surface area (Å²) in [6.45, 7) is 1.87. The van der Waals surface area contributed by atoms with Gasteiger partial charge in [-0.25, -0.2) is 0 Å². The topological polar surface area (TPSA) is 81.2 Å². The molecule has 2 atom stereocenters. The van der Waals surface area contributed by atoms with Gasteiger partial charge in [-0.2, -0.15) is 0 Å². The highest BCUT2D eigenvalue weighted by atomic mass is 16.6. The van der Waals surface area contributed by atoms with Crippen LogP contribution in [-0.4, -0.2) is 17.0 Å². The fourth-order valence-electron chi connectivity index (χ4n) is 2.35. The van der Waals surface area contributed by atoms with Crippen molar-refractivity contribution in [3.05, 3.63) is 33.9 Å². The van der Waals surface area contributed by atoms with Crippen LogP contribution in [0, 0.1) is 17.0 Å². The van der Waals surface area contributed by atoms with E-state index in [0.29, 0.717) is 5.69 Å². The Morgan fingerprint density at radius 2 is 2.24 bits per heavy atom. The molecular weight excluding hydrogens is 218 g/mol. The molecule has 1 aromatic carbocycles. The number of anilines is 1. The third-order valence-electron chi connectivity index (χ3n) is 3.35. The second kappa shape index (κ2) is 4.71. The number of nitrogens with zero attached hydrogens (tertiary/aromatic N) is 1. The van der Waals surface area contributed by atoms with Crippen molar-refractivity contribution in [3.8, 4) is 0 Å². The molecular formula is C12H17N3O2. The maximum atomic E-state index is 11.0. The minimum absolute atomic E-state index is 0.0919. The molecule has 1 fully saturated rings. The van der Waals surface area contributed by atoms with E-state index in [-0.39, 0.29) is 22.7 Å². The average Bonchev–Trinajstić information content (AvgIpc) is 2.67. The minimum atomic E-state index is -0.351. The van der Waals surface area contributed by atoms with Gasteiger partial charge >= 0.3 is 0 Å². The van der Waals surface area contributed by atoms with E-state index >= 15 is 0 Å². The number of aryl methyl sites for hydroxylation is 1. The number of para-hydroxylation sites is 1. The number of rotatable bonds is 3. The van der Waals surface area contributed by atoms with Crippen molar-refractivity contribution in [2.24, 2.45) is 5.73 Å². The van der Waals surface area contributed by atoms with Gasteiger partial charge in [0.1, 0.15) is 5.69 Å². The van der Waals surface area contributed by atoms with Crippen LogP contribution in [0.25, 0.3) is 0 Å². The van der Waals surface area contributed by atoms with Crippen LogP contribution in [0.15, 0.2) is 18.2 Å². The molecule has 2 unspecified atom stereocenters. The van der Waals surface area contributed by atoms with Crippen LogP contribution < -0.4 is 11.1 Å². The van der Waals surface area contributed by atoms with Crippen molar-refractivity contribution < 1.29 is 4.92 Å². The van der Waals surface area contributed by atoms with E-state index in [4.69, 9.17) is 5.73 Å². The Kier molecular flexibility index (Phi) is 3.28. The monoisotopic (exact) mass is 235 g/mol. The molecule has 3 N–H and O–H groups in total. The van der Waals surface area contributed by atoms with Gasteiger partial charge in [-0.3, -0.25) is 10.1 Å². The Bertz CT molecular complexity index is 434. The molecule has 1 aromatic rings. The molecule has 92 valence electrons. The van der Waals surface area contributed by atoms with Crippen LogP contribution in [0.1, 0.15) is 24.8 Å².